The van der Waals surface area contributed by atoms with Crippen molar-refractivity contribution in [2.45, 2.75) is 50.7 Å². The molecular formula is C18H24F3N3O2. The van der Waals surface area contributed by atoms with Gasteiger partial charge in [-0.25, -0.2) is 0 Å². The third kappa shape index (κ3) is 4.28. The van der Waals surface area contributed by atoms with Gasteiger partial charge in [0.05, 0.1) is 0 Å². The number of aromatic nitrogens is 1. The fraction of sp³-hybridized carbons (Fsp3) is 0.667. The number of hydrogen-bond donors (Lipinski definition) is 1. The molecule has 0 bridgehead atoms. The Hall–Kier alpha value is -1.83. The molecule has 0 aliphatic carbocycles. The summed E-state index contributed by atoms with van der Waals surface area (Å²) in [4.78, 5) is 30.7. The number of amides is 1. The maximum Gasteiger partial charge on any atom is 0.431 e. The first-order valence-electron chi connectivity index (χ1n) is 9.20. The van der Waals surface area contributed by atoms with Crippen LogP contribution in [-0.4, -0.2) is 52.9 Å². The van der Waals surface area contributed by atoms with E-state index in [1.807, 2.05) is 0 Å². The van der Waals surface area contributed by atoms with Gasteiger partial charge in [0.25, 0.3) is 11.5 Å². The fourth-order valence-electron chi connectivity index (χ4n) is 3.87. The Kier molecular flexibility index (Phi) is 5.70. The van der Waals surface area contributed by atoms with Gasteiger partial charge in [-0.2, -0.15) is 13.2 Å². The molecule has 1 aromatic heterocycles. The summed E-state index contributed by atoms with van der Waals surface area (Å²) in [5.41, 5.74) is -2.33. The standard InChI is InChI=1S/C18H24F3N3O2/c19-18(20,21)15-7-6-14(16(25)22-15)17(26)24-11-2-1-5-13(24)8-12-23-9-3-4-10-23/h6-7,13H,1-5,8-12H2,(H,22,25)/t13-/m0/s1. The zero-order chi connectivity index (χ0) is 18.7. The van der Waals surface area contributed by atoms with Crippen molar-refractivity contribution >= 4 is 5.91 Å². The number of nitrogens with zero attached hydrogens (tertiary/aromatic N) is 2. The summed E-state index contributed by atoms with van der Waals surface area (Å²) in [5, 5.41) is 0. The minimum Gasteiger partial charge on any atom is -0.335 e. The second kappa shape index (κ2) is 7.82. The molecule has 2 fully saturated rings. The number of carbonyl (C=O) groups excluding carboxylic acids is 1. The number of nitrogens with one attached hydrogen (secondary N) is 1. The molecule has 0 saturated carbocycles. The summed E-state index contributed by atoms with van der Waals surface area (Å²) in [5.74, 6) is -0.467. The van der Waals surface area contributed by atoms with Crippen molar-refractivity contribution in [3.63, 3.8) is 0 Å². The number of rotatable bonds is 4. The molecule has 0 radical (unpaired) electrons. The molecule has 1 N–H and O–H groups in total. The van der Waals surface area contributed by atoms with E-state index < -0.39 is 23.3 Å². The van der Waals surface area contributed by atoms with Gasteiger partial charge in [0.1, 0.15) is 11.3 Å². The maximum absolute atomic E-state index is 12.8. The molecule has 3 rings (SSSR count). The Morgan fingerprint density at radius 1 is 1.12 bits per heavy atom. The topological polar surface area (TPSA) is 56.4 Å². The maximum atomic E-state index is 12.8. The van der Waals surface area contributed by atoms with Crippen LogP contribution in [0.2, 0.25) is 0 Å². The zero-order valence-electron chi connectivity index (χ0n) is 14.6. The normalized spacial score (nSPS) is 22.0. The lowest BCUT2D eigenvalue weighted by molar-refractivity contribution is -0.141. The van der Waals surface area contributed by atoms with Crippen LogP contribution in [0.1, 0.15) is 54.6 Å². The van der Waals surface area contributed by atoms with Crippen LogP contribution in [0.4, 0.5) is 13.2 Å². The third-order valence-corrected chi connectivity index (χ3v) is 5.31. The molecule has 2 aliphatic heterocycles. The number of aromatic amines is 1. The second-order valence-corrected chi connectivity index (χ2v) is 7.10. The van der Waals surface area contributed by atoms with Crippen LogP contribution < -0.4 is 5.56 Å². The minimum atomic E-state index is -4.63. The highest BCUT2D eigenvalue weighted by atomic mass is 19.4. The highest BCUT2D eigenvalue weighted by Crippen LogP contribution is 2.27. The molecule has 0 spiro atoms. The monoisotopic (exact) mass is 371 g/mol. The van der Waals surface area contributed by atoms with E-state index in [-0.39, 0.29) is 11.6 Å². The predicted molar refractivity (Wildman–Crippen MR) is 91.0 cm³/mol. The van der Waals surface area contributed by atoms with Crippen LogP contribution in [0.15, 0.2) is 16.9 Å². The fourth-order valence-corrected chi connectivity index (χ4v) is 3.87. The van der Waals surface area contributed by atoms with Crippen LogP contribution in [0.5, 0.6) is 0 Å². The molecule has 2 saturated heterocycles. The highest BCUT2D eigenvalue weighted by molar-refractivity contribution is 5.94. The number of alkyl halides is 3. The van der Waals surface area contributed by atoms with E-state index in [1.54, 1.807) is 9.88 Å². The molecule has 144 valence electrons. The Morgan fingerprint density at radius 2 is 1.81 bits per heavy atom. The van der Waals surface area contributed by atoms with Crippen molar-refractivity contribution in [3.05, 3.63) is 33.7 Å². The Balaban J connectivity index is 1.72. The zero-order valence-corrected chi connectivity index (χ0v) is 14.6. The van der Waals surface area contributed by atoms with Crippen molar-refractivity contribution in [3.8, 4) is 0 Å². The predicted octanol–water partition coefficient (Wildman–Crippen LogP) is 2.87. The smallest absolute Gasteiger partial charge is 0.335 e. The average molecular weight is 371 g/mol. The largest absolute Gasteiger partial charge is 0.431 e. The lowest BCUT2D eigenvalue weighted by Crippen LogP contribution is -2.46. The Labute approximate surface area is 150 Å². The molecule has 1 amide bonds. The van der Waals surface area contributed by atoms with Gasteiger partial charge in [0.15, 0.2) is 0 Å². The summed E-state index contributed by atoms with van der Waals surface area (Å²) >= 11 is 0. The van der Waals surface area contributed by atoms with Crippen LogP contribution in [0.3, 0.4) is 0 Å². The molecule has 1 atom stereocenters. The average Bonchev–Trinajstić information content (AvgIpc) is 3.12. The first kappa shape index (κ1) is 18.9. The van der Waals surface area contributed by atoms with E-state index >= 15 is 0 Å². The number of carbonyl (C=O) groups is 1. The van der Waals surface area contributed by atoms with Crippen LogP contribution in [0, 0.1) is 0 Å². The Morgan fingerprint density at radius 3 is 2.46 bits per heavy atom. The van der Waals surface area contributed by atoms with E-state index in [1.165, 1.54) is 12.8 Å². The third-order valence-electron chi connectivity index (χ3n) is 5.31. The molecule has 0 unspecified atom stereocenters. The number of piperidine rings is 1. The number of halogens is 3. The van der Waals surface area contributed by atoms with Gasteiger partial charge in [-0.3, -0.25) is 9.59 Å². The van der Waals surface area contributed by atoms with Crippen molar-refractivity contribution in [1.82, 2.24) is 14.8 Å². The van der Waals surface area contributed by atoms with Gasteiger partial charge < -0.3 is 14.8 Å². The number of H-pyrrole nitrogens is 1. The van der Waals surface area contributed by atoms with Gasteiger partial charge in [0.2, 0.25) is 0 Å². The van der Waals surface area contributed by atoms with Gasteiger partial charge in [-0.1, -0.05) is 0 Å². The minimum absolute atomic E-state index is 0.0403. The Bertz CT molecular complexity index is 696. The lowest BCUT2D eigenvalue weighted by Gasteiger charge is -2.36. The summed E-state index contributed by atoms with van der Waals surface area (Å²) in [6.07, 6.45) is 1.36. The molecule has 8 heteroatoms. The first-order chi connectivity index (χ1) is 12.4. The second-order valence-electron chi connectivity index (χ2n) is 7.10. The van der Waals surface area contributed by atoms with E-state index in [2.05, 4.69) is 4.90 Å². The molecule has 2 aliphatic rings. The number of likely N-dealkylation sites (tertiary alicyclic amines) is 2. The molecule has 3 heterocycles. The van der Waals surface area contributed by atoms with E-state index in [0.29, 0.717) is 6.54 Å². The summed E-state index contributed by atoms with van der Waals surface area (Å²) in [7, 11) is 0. The quantitative estimate of drug-likeness (QED) is 0.886. The number of hydrogen-bond acceptors (Lipinski definition) is 3. The van der Waals surface area contributed by atoms with Crippen molar-refractivity contribution in [2.24, 2.45) is 0 Å². The van der Waals surface area contributed by atoms with Gasteiger partial charge >= 0.3 is 6.18 Å². The van der Waals surface area contributed by atoms with Crippen molar-refractivity contribution in [1.29, 1.82) is 0 Å². The van der Waals surface area contributed by atoms with Crippen molar-refractivity contribution < 1.29 is 18.0 Å². The molecule has 5 nitrogen and oxygen atoms in total. The molecular weight excluding hydrogens is 347 g/mol. The number of pyridine rings is 1. The van der Waals surface area contributed by atoms with Crippen LogP contribution in [0.25, 0.3) is 0 Å². The van der Waals surface area contributed by atoms with E-state index in [4.69, 9.17) is 0 Å². The molecule has 26 heavy (non-hydrogen) atoms. The lowest BCUT2D eigenvalue weighted by atomic mass is 9.98. The van der Waals surface area contributed by atoms with Crippen LogP contribution in [-0.2, 0) is 6.18 Å². The van der Waals surface area contributed by atoms with E-state index in [0.717, 1.165) is 57.5 Å². The molecule has 0 aromatic carbocycles. The van der Waals surface area contributed by atoms with Gasteiger partial charge in [-0.15, -0.1) is 0 Å². The summed E-state index contributed by atoms with van der Waals surface area (Å²) < 4.78 is 38.1. The summed E-state index contributed by atoms with van der Waals surface area (Å²) in [6.45, 7) is 3.63. The van der Waals surface area contributed by atoms with Gasteiger partial charge in [0, 0.05) is 19.1 Å². The SMILES string of the molecule is O=C(c1ccc(C(F)(F)F)[nH]c1=O)N1CCCC[C@H]1CCN1CCCC1. The van der Waals surface area contributed by atoms with E-state index in [9.17, 15) is 22.8 Å². The van der Waals surface area contributed by atoms with Crippen LogP contribution >= 0.6 is 0 Å². The first-order valence-corrected chi connectivity index (χ1v) is 9.20. The van der Waals surface area contributed by atoms with Gasteiger partial charge in [-0.05, 0) is 63.7 Å². The molecule has 1 aromatic rings. The highest BCUT2D eigenvalue weighted by Gasteiger charge is 2.34. The van der Waals surface area contributed by atoms with Crippen molar-refractivity contribution in [2.75, 3.05) is 26.2 Å². The summed E-state index contributed by atoms with van der Waals surface area (Å²) in [6, 6.07) is 1.80.